The lowest BCUT2D eigenvalue weighted by Crippen LogP contribution is -2.44. The fourth-order valence-corrected chi connectivity index (χ4v) is 3.86. The molecule has 0 aromatic heterocycles. The molecule has 7 heteroatoms. The fourth-order valence-electron chi connectivity index (χ4n) is 3.18. The second-order valence-corrected chi connectivity index (χ2v) is 7.34. The number of thiol groups is 1. The van der Waals surface area contributed by atoms with Crippen LogP contribution in [0.1, 0.15) is 25.0 Å². The van der Waals surface area contributed by atoms with Gasteiger partial charge in [-0.15, -0.1) is 12.6 Å². The monoisotopic (exact) mass is 379 g/mol. The Morgan fingerprint density at radius 3 is 2.23 bits per heavy atom. The molecule has 1 unspecified atom stereocenters. The van der Waals surface area contributed by atoms with Crippen molar-refractivity contribution in [3.05, 3.63) is 59.7 Å². The summed E-state index contributed by atoms with van der Waals surface area (Å²) in [5.74, 6) is 0.192. The molecule has 2 aromatic carbocycles. The Balaban J connectivity index is 2.05. The summed E-state index contributed by atoms with van der Waals surface area (Å²) in [5, 5.41) is 8.58. The lowest BCUT2D eigenvalue weighted by molar-refractivity contribution is -0.137. The van der Waals surface area contributed by atoms with Crippen molar-refractivity contribution >= 4 is 29.8 Å². The van der Waals surface area contributed by atoms with Crippen LogP contribution in [0.3, 0.4) is 0 Å². The smallest absolute Gasteiger partial charge is 0.330 e. The number of hydrogen-bond acceptors (Lipinski definition) is 3. The van der Waals surface area contributed by atoms with Gasteiger partial charge in [0.1, 0.15) is 5.84 Å². The molecule has 0 spiro atoms. The molecule has 1 aliphatic rings. The number of anilines is 2. The number of amidine groups is 1. The normalized spacial score (nSPS) is 20.0. The fraction of sp³-hybridized carbons (Fsp3) is 0.316. The van der Waals surface area contributed by atoms with Crippen LogP contribution in [0.25, 0.3) is 0 Å². The third kappa shape index (κ3) is 3.05. The molecular weight excluding hydrogens is 359 g/mol. The Kier molecular flexibility index (Phi) is 4.46. The molecule has 2 aromatic rings. The maximum atomic E-state index is 13.1. The average molecular weight is 379 g/mol. The summed E-state index contributed by atoms with van der Waals surface area (Å²) in [5.41, 5.74) is 0.202. The highest BCUT2D eigenvalue weighted by molar-refractivity contribution is 7.81. The summed E-state index contributed by atoms with van der Waals surface area (Å²) in [4.78, 5) is 3.45. The number of benzene rings is 2. The van der Waals surface area contributed by atoms with Crippen LogP contribution in [-0.2, 0) is 6.18 Å². The molecule has 1 heterocycles. The Labute approximate surface area is 156 Å². The van der Waals surface area contributed by atoms with Gasteiger partial charge in [0.15, 0.2) is 5.50 Å². The molecule has 138 valence electrons. The van der Waals surface area contributed by atoms with Gasteiger partial charge in [-0.25, -0.2) is 0 Å². The predicted octanol–water partition coefficient (Wildman–Crippen LogP) is 5.31. The van der Waals surface area contributed by atoms with Crippen molar-refractivity contribution in [3.8, 4) is 0 Å². The quantitative estimate of drug-likeness (QED) is 0.693. The summed E-state index contributed by atoms with van der Waals surface area (Å²) in [6.45, 7) is 5.71. The lowest BCUT2D eigenvalue weighted by atomic mass is 10.0. The van der Waals surface area contributed by atoms with Gasteiger partial charge in [-0.2, -0.15) is 13.2 Å². The second kappa shape index (κ2) is 6.23. The van der Waals surface area contributed by atoms with Crippen LogP contribution in [0.15, 0.2) is 48.5 Å². The van der Waals surface area contributed by atoms with Gasteiger partial charge in [-0.3, -0.25) is 10.3 Å². The van der Waals surface area contributed by atoms with Gasteiger partial charge < -0.3 is 4.90 Å². The SMILES string of the molecule is Cc1ccc(N2C(S)N(c3cccc(C(F)(F)F)c3)C(=N)C2(C)C)cc1. The van der Waals surface area contributed by atoms with Crippen LogP contribution in [0.4, 0.5) is 24.5 Å². The van der Waals surface area contributed by atoms with E-state index in [2.05, 4.69) is 12.6 Å². The van der Waals surface area contributed by atoms with E-state index < -0.39 is 22.8 Å². The summed E-state index contributed by atoms with van der Waals surface area (Å²) < 4.78 is 39.2. The zero-order valence-corrected chi connectivity index (χ0v) is 15.6. The van der Waals surface area contributed by atoms with E-state index >= 15 is 0 Å². The van der Waals surface area contributed by atoms with Crippen molar-refractivity contribution in [1.82, 2.24) is 0 Å². The molecular formula is C19H20F3N3S. The van der Waals surface area contributed by atoms with E-state index in [1.807, 2.05) is 49.9 Å². The van der Waals surface area contributed by atoms with Gasteiger partial charge in [0, 0.05) is 11.4 Å². The second-order valence-electron chi connectivity index (χ2n) is 6.88. The number of nitrogens with one attached hydrogen (secondary N) is 1. The molecule has 1 aliphatic heterocycles. The summed E-state index contributed by atoms with van der Waals surface area (Å²) in [6, 6.07) is 12.8. The molecule has 3 nitrogen and oxygen atoms in total. The van der Waals surface area contributed by atoms with Gasteiger partial charge in [-0.1, -0.05) is 23.8 Å². The maximum Gasteiger partial charge on any atom is 0.416 e. The minimum Gasteiger partial charge on any atom is -0.330 e. The number of hydrogen-bond donors (Lipinski definition) is 2. The van der Waals surface area contributed by atoms with E-state index in [0.717, 1.165) is 23.4 Å². The molecule has 0 amide bonds. The van der Waals surface area contributed by atoms with Crippen molar-refractivity contribution in [2.45, 2.75) is 38.0 Å². The van der Waals surface area contributed by atoms with Crippen LogP contribution >= 0.6 is 12.6 Å². The van der Waals surface area contributed by atoms with Crippen molar-refractivity contribution in [2.24, 2.45) is 0 Å². The molecule has 3 rings (SSSR count). The summed E-state index contributed by atoms with van der Waals surface area (Å²) in [7, 11) is 0. The van der Waals surface area contributed by atoms with Gasteiger partial charge in [0.05, 0.1) is 11.1 Å². The van der Waals surface area contributed by atoms with E-state index in [4.69, 9.17) is 5.41 Å². The van der Waals surface area contributed by atoms with Gasteiger partial charge in [0.2, 0.25) is 0 Å². The van der Waals surface area contributed by atoms with E-state index in [1.165, 1.54) is 11.0 Å². The Hall–Kier alpha value is -2.15. The maximum absolute atomic E-state index is 13.1. The minimum atomic E-state index is -4.43. The van der Waals surface area contributed by atoms with Gasteiger partial charge >= 0.3 is 6.18 Å². The minimum absolute atomic E-state index is 0.192. The molecule has 1 saturated heterocycles. The van der Waals surface area contributed by atoms with Crippen molar-refractivity contribution < 1.29 is 13.2 Å². The van der Waals surface area contributed by atoms with Crippen molar-refractivity contribution in [3.63, 3.8) is 0 Å². The number of rotatable bonds is 2. The number of nitrogens with zero attached hydrogens (tertiary/aromatic N) is 2. The number of aryl methyl sites for hydroxylation is 1. The largest absolute Gasteiger partial charge is 0.416 e. The highest BCUT2D eigenvalue weighted by Crippen LogP contribution is 2.41. The van der Waals surface area contributed by atoms with Crippen molar-refractivity contribution in [2.75, 3.05) is 9.80 Å². The van der Waals surface area contributed by atoms with Crippen LogP contribution in [-0.4, -0.2) is 16.9 Å². The first-order valence-electron chi connectivity index (χ1n) is 8.13. The molecule has 0 aliphatic carbocycles. The number of halogens is 3. The lowest BCUT2D eigenvalue weighted by Gasteiger charge is -2.34. The zero-order chi connectivity index (χ0) is 19.3. The average Bonchev–Trinajstić information content (AvgIpc) is 2.73. The predicted molar refractivity (Wildman–Crippen MR) is 102 cm³/mol. The summed E-state index contributed by atoms with van der Waals surface area (Å²) >= 11 is 4.64. The van der Waals surface area contributed by atoms with Crippen LogP contribution in [0.2, 0.25) is 0 Å². The van der Waals surface area contributed by atoms with Crippen LogP contribution in [0, 0.1) is 12.3 Å². The van der Waals surface area contributed by atoms with Gasteiger partial charge in [-0.05, 0) is 51.1 Å². The first-order chi connectivity index (χ1) is 12.0. The highest BCUT2D eigenvalue weighted by atomic mass is 32.1. The summed E-state index contributed by atoms with van der Waals surface area (Å²) in [6.07, 6.45) is -4.43. The third-order valence-corrected chi connectivity index (χ3v) is 5.11. The highest BCUT2D eigenvalue weighted by Gasteiger charge is 2.48. The topological polar surface area (TPSA) is 30.3 Å². The standard InChI is InChI=1S/C19H20F3N3S/c1-12-7-9-14(10-8-12)25-17(26)24(16(23)18(25,2)3)15-6-4-5-13(11-15)19(20,21)22/h4-11,17,23,26H,1-3H3. The van der Waals surface area contributed by atoms with E-state index in [0.29, 0.717) is 5.69 Å². The first-order valence-corrected chi connectivity index (χ1v) is 8.65. The van der Waals surface area contributed by atoms with Gasteiger partial charge in [0.25, 0.3) is 0 Å². The Bertz CT molecular complexity index is 831. The van der Waals surface area contributed by atoms with Crippen LogP contribution in [0.5, 0.6) is 0 Å². The first kappa shape index (κ1) is 18.6. The Morgan fingerprint density at radius 1 is 1.04 bits per heavy atom. The zero-order valence-electron chi connectivity index (χ0n) is 14.7. The van der Waals surface area contributed by atoms with E-state index in [1.54, 1.807) is 6.07 Å². The molecule has 0 saturated carbocycles. The van der Waals surface area contributed by atoms with Crippen molar-refractivity contribution in [1.29, 1.82) is 5.41 Å². The Morgan fingerprint density at radius 2 is 1.65 bits per heavy atom. The molecule has 1 fully saturated rings. The molecule has 0 radical (unpaired) electrons. The molecule has 26 heavy (non-hydrogen) atoms. The van der Waals surface area contributed by atoms with E-state index in [9.17, 15) is 13.2 Å². The number of alkyl halides is 3. The van der Waals surface area contributed by atoms with Crippen LogP contribution < -0.4 is 9.80 Å². The molecule has 0 bridgehead atoms. The molecule has 1 N–H and O–H groups in total. The van der Waals surface area contributed by atoms with E-state index in [-0.39, 0.29) is 5.84 Å². The molecule has 1 atom stereocenters. The third-order valence-electron chi connectivity index (χ3n) is 4.65.